The van der Waals surface area contributed by atoms with Crippen LogP contribution in [-0.2, 0) is 4.79 Å². The molecular formula is C15H20ClNO2. The van der Waals surface area contributed by atoms with E-state index in [1.807, 2.05) is 13.0 Å². The molecular weight excluding hydrogens is 262 g/mol. The van der Waals surface area contributed by atoms with Gasteiger partial charge in [0.25, 0.3) is 0 Å². The van der Waals surface area contributed by atoms with E-state index in [1.54, 1.807) is 0 Å². The molecule has 1 heterocycles. The highest BCUT2D eigenvalue weighted by atomic mass is 35.5. The first-order valence-electron chi connectivity index (χ1n) is 6.37. The zero-order valence-electron chi connectivity index (χ0n) is 11.1. The molecule has 1 atom stereocenters. The smallest absolute Gasteiger partial charge is 0.304 e. The van der Waals surface area contributed by atoms with Crippen molar-refractivity contribution in [3.63, 3.8) is 0 Å². The third-order valence-corrected chi connectivity index (χ3v) is 3.48. The van der Waals surface area contributed by atoms with Gasteiger partial charge in [0.05, 0.1) is 6.42 Å². The molecule has 0 saturated heterocycles. The lowest BCUT2D eigenvalue weighted by molar-refractivity contribution is -0.138. The molecule has 0 spiro atoms. The van der Waals surface area contributed by atoms with Crippen LogP contribution in [0.5, 0.6) is 0 Å². The quantitative estimate of drug-likeness (QED) is 0.922. The van der Waals surface area contributed by atoms with E-state index in [0.29, 0.717) is 0 Å². The summed E-state index contributed by atoms with van der Waals surface area (Å²) in [4.78, 5) is 12.9. The van der Waals surface area contributed by atoms with E-state index in [0.717, 1.165) is 19.5 Å². The SMILES string of the molecule is CC(CC(=O)O)N1CC=C(c2ccccc2)CC1.Cl. The fourth-order valence-electron chi connectivity index (χ4n) is 2.38. The van der Waals surface area contributed by atoms with Gasteiger partial charge in [0.2, 0.25) is 0 Å². The van der Waals surface area contributed by atoms with Crippen molar-refractivity contribution in [1.82, 2.24) is 4.90 Å². The molecule has 19 heavy (non-hydrogen) atoms. The Balaban J connectivity index is 0.00000180. The van der Waals surface area contributed by atoms with Crippen LogP contribution in [0.15, 0.2) is 36.4 Å². The van der Waals surface area contributed by atoms with E-state index in [-0.39, 0.29) is 24.9 Å². The lowest BCUT2D eigenvalue weighted by atomic mass is 9.98. The summed E-state index contributed by atoms with van der Waals surface area (Å²) >= 11 is 0. The van der Waals surface area contributed by atoms with Crippen LogP contribution in [0, 0.1) is 0 Å². The predicted molar refractivity (Wildman–Crippen MR) is 79.6 cm³/mol. The van der Waals surface area contributed by atoms with Crippen molar-refractivity contribution in [3.8, 4) is 0 Å². The van der Waals surface area contributed by atoms with Crippen LogP contribution in [0.1, 0.15) is 25.3 Å². The number of carbonyl (C=O) groups is 1. The van der Waals surface area contributed by atoms with Gasteiger partial charge in [-0.25, -0.2) is 0 Å². The summed E-state index contributed by atoms with van der Waals surface area (Å²) < 4.78 is 0. The van der Waals surface area contributed by atoms with Gasteiger partial charge in [-0.2, -0.15) is 0 Å². The Morgan fingerprint density at radius 1 is 1.37 bits per heavy atom. The first-order chi connectivity index (χ1) is 8.66. The maximum Gasteiger partial charge on any atom is 0.304 e. The molecule has 1 aliphatic rings. The van der Waals surface area contributed by atoms with Crippen molar-refractivity contribution in [2.45, 2.75) is 25.8 Å². The highest BCUT2D eigenvalue weighted by Gasteiger charge is 2.19. The summed E-state index contributed by atoms with van der Waals surface area (Å²) in [7, 11) is 0. The van der Waals surface area contributed by atoms with Crippen molar-refractivity contribution >= 4 is 23.9 Å². The molecule has 1 unspecified atom stereocenters. The predicted octanol–water partition coefficient (Wildman–Crippen LogP) is 3.06. The molecule has 0 amide bonds. The molecule has 0 fully saturated rings. The molecule has 1 aromatic carbocycles. The highest BCUT2D eigenvalue weighted by molar-refractivity contribution is 5.85. The van der Waals surface area contributed by atoms with E-state index >= 15 is 0 Å². The van der Waals surface area contributed by atoms with Gasteiger partial charge in [-0.3, -0.25) is 9.69 Å². The minimum atomic E-state index is -0.722. The Labute approximate surface area is 120 Å². The largest absolute Gasteiger partial charge is 0.481 e. The van der Waals surface area contributed by atoms with Gasteiger partial charge in [-0.05, 0) is 24.5 Å². The monoisotopic (exact) mass is 281 g/mol. The molecule has 0 aromatic heterocycles. The van der Waals surface area contributed by atoms with Gasteiger partial charge in [-0.15, -0.1) is 12.4 Å². The second-order valence-electron chi connectivity index (χ2n) is 4.79. The van der Waals surface area contributed by atoms with Crippen LogP contribution in [0.2, 0.25) is 0 Å². The summed E-state index contributed by atoms with van der Waals surface area (Å²) in [6.07, 6.45) is 3.43. The fraction of sp³-hybridized carbons (Fsp3) is 0.400. The Kier molecular flexibility index (Phi) is 6.06. The average molecular weight is 282 g/mol. The number of rotatable bonds is 4. The van der Waals surface area contributed by atoms with Gasteiger partial charge in [-0.1, -0.05) is 36.4 Å². The number of hydrogen-bond acceptors (Lipinski definition) is 2. The maximum absolute atomic E-state index is 10.7. The van der Waals surface area contributed by atoms with E-state index in [4.69, 9.17) is 5.11 Å². The Morgan fingerprint density at radius 2 is 2.05 bits per heavy atom. The standard InChI is InChI=1S/C15H19NO2.ClH/c1-12(11-15(17)18)16-9-7-14(8-10-16)13-5-3-2-4-6-13;/h2-7,12H,8-11H2,1H3,(H,17,18);1H. The van der Waals surface area contributed by atoms with Crippen molar-refractivity contribution in [1.29, 1.82) is 0 Å². The summed E-state index contributed by atoms with van der Waals surface area (Å²) in [6, 6.07) is 10.5. The molecule has 1 aromatic rings. The number of benzene rings is 1. The second-order valence-corrected chi connectivity index (χ2v) is 4.79. The highest BCUT2D eigenvalue weighted by Crippen LogP contribution is 2.23. The summed E-state index contributed by atoms with van der Waals surface area (Å²) in [5.74, 6) is -0.722. The number of aliphatic carboxylic acids is 1. The van der Waals surface area contributed by atoms with Gasteiger partial charge >= 0.3 is 5.97 Å². The topological polar surface area (TPSA) is 40.5 Å². The van der Waals surface area contributed by atoms with E-state index in [1.165, 1.54) is 11.1 Å². The number of carboxylic acid groups (broad SMARTS) is 1. The van der Waals surface area contributed by atoms with Crippen LogP contribution in [-0.4, -0.2) is 35.1 Å². The van der Waals surface area contributed by atoms with Gasteiger partial charge in [0.15, 0.2) is 0 Å². The molecule has 0 aliphatic carbocycles. The van der Waals surface area contributed by atoms with E-state index in [2.05, 4.69) is 35.2 Å². The van der Waals surface area contributed by atoms with Crippen LogP contribution in [0.4, 0.5) is 0 Å². The molecule has 0 radical (unpaired) electrons. The van der Waals surface area contributed by atoms with Gasteiger partial charge in [0.1, 0.15) is 0 Å². The summed E-state index contributed by atoms with van der Waals surface area (Å²) in [5.41, 5.74) is 2.65. The Morgan fingerprint density at radius 3 is 2.58 bits per heavy atom. The maximum atomic E-state index is 10.7. The zero-order chi connectivity index (χ0) is 13.0. The number of nitrogens with zero attached hydrogens (tertiary/aromatic N) is 1. The summed E-state index contributed by atoms with van der Waals surface area (Å²) in [6.45, 7) is 3.77. The minimum Gasteiger partial charge on any atom is -0.481 e. The molecule has 0 bridgehead atoms. The Bertz CT molecular complexity index is 445. The van der Waals surface area contributed by atoms with Gasteiger partial charge in [0, 0.05) is 19.1 Å². The first kappa shape index (κ1) is 15.7. The second kappa shape index (κ2) is 7.31. The van der Waals surface area contributed by atoms with E-state index < -0.39 is 5.97 Å². The zero-order valence-corrected chi connectivity index (χ0v) is 11.9. The van der Waals surface area contributed by atoms with Crippen LogP contribution < -0.4 is 0 Å². The third kappa shape index (κ3) is 4.37. The normalized spacial score (nSPS) is 17.2. The molecule has 1 aliphatic heterocycles. The average Bonchev–Trinajstić information content (AvgIpc) is 2.39. The molecule has 2 rings (SSSR count). The van der Waals surface area contributed by atoms with Crippen molar-refractivity contribution in [3.05, 3.63) is 42.0 Å². The van der Waals surface area contributed by atoms with Crippen LogP contribution >= 0.6 is 12.4 Å². The van der Waals surface area contributed by atoms with Crippen LogP contribution in [0.3, 0.4) is 0 Å². The lowest BCUT2D eigenvalue weighted by Gasteiger charge is -2.31. The number of carboxylic acids is 1. The molecule has 4 heteroatoms. The number of hydrogen-bond donors (Lipinski definition) is 1. The molecule has 3 nitrogen and oxygen atoms in total. The number of halogens is 1. The lowest BCUT2D eigenvalue weighted by Crippen LogP contribution is -2.37. The summed E-state index contributed by atoms with van der Waals surface area (Å²) in [5, 5.41) is 8.80. The fourth-order valence-corrected chi connectivity index (χ4v) is 2.38. The van der Waals surface area contributed by atoms with Crippen LogP contribution in [0.25, 0.3) is 5.57 Å². The minimum absolute atomic E-state index is 0. The molecule has 1 N–H and O–H groups in total. The molecule has 104 valence electrons. The third-order valence-electron chi connectivity index (χ3n) is 3.48. The van der Waals surface area contributed by atoms with E-state index in [9.17, 15) is 4.79 Å². The van der Waals surface area contributed by atoms with Crippen molar-refractivity contribution in [2.75, 3.05) is 13.1 Å². The van der Waals surface area contributed by atoms with Gasteiger partial charge < -0.3 is 5.11 Å². The molecule has 0 saturated carbocycles. The first-order valence-corrected chi connectivity index (χ1v) is 6.37. The van der Waals surface area contributed by atoms with Crippen molar-refractivity contribution < 1.29 is 9.90 Å². The Hall–Kier alpha value is -1.32. The van der Waals surface area contributed by atoms with Crippen molar-refractivity contribution in [2.24, 2.45) is 0 Å².